The van der Waals surface area contributed by atoms with Crippen molar-refractivity contribution < 1.29 is 53.5 Å². The first-order valence-electron chi connectivity index (χ1n) is 2.14. The molecule has 0 rings (SSSR count). The Morgan fingerprint density at radius 3 is 1.26 bits per heavy atom. The van der Waals surface area contributed by atoms with Crippen LogP contribution in [0.15, 0.2) is 0 Å². The maximum absolute atomic E-state index is 10.3. The second kappa shape index (κ2) is 23.8. The number of phosphoric ester groups is 1. The van der Waals surface area contributed by atoms with Crippen LogP contribution in [0.1, 0.15) is 0 Å². The number of rotatable bonds is 3. The second-order valence-electron chi connectivity index (χ2n) is 1.40. The normalized spacial score (nSPS) is 10.5. The van der Waals surface area contributed by atoms with E-state index in [1.807, 2.05) is 0 Å². The Morgan fingerprint density at radius 2 is 1.11 bits per heavy atom. The minimum absolute atomic E-state index is 0. The van der Waals surface area contributed by atoms with Crippen LogP contribution in [0.5, 0.6) is 0 Å². The quantitative estimate of drug-likeness (QED) is 0.229. The molecule has 1 unspecified atom stereocenters. The summed E-state index contributed by atoms with van der Waals surface area (Å²) >= 11 is 0. The van der Waals surface area contributed by atoms with Crippen LogP contribution in [0.4, 0.5) is 4.79 Å². The van der Waals surface area contributed by atoms with Crippen molar-refractivity contribution in [2.24, 2.45) is 0 Å². The summed E-state index contributed by atoms with van der Waals surface area (Å²) in [5.74, 6) is 0. The third-order valence-electron chi connectivity index (χ3n) is 0.403. The molecule has 0 heterocycles. The molecule has 0 aliphatic carbocycles. The van der Waals surface area contributed by atoms with E-state index in [1.54, 1.807) is 0 Å². The van der Waals surface area contributed by atoms with Gasteiger partial charge >= 0.3 is 210 Å². The number of carbonyl (C=O) groups is 1. The van der Waals surface area contributed by atoms with Gasteiger partial charge < -0.3 is 30.4 Å². The molecule has 0 bridgehead atoms. The van der Waals surface area contributed by atoms with Crippen LogP contribution in [0.25, 0.3) is 0 Å². The predicted molar refractivity (Wildman–Crippen MR) is 82.0 cm³/mol. The van der Waals surface area contributed by atoms with Crippen LogP contribution in [0.3, 0.4) is 0 Å². The Bertz CT molecular complexity index is 276. The Kier molecular flexibility index (Phi) is 62.3. The summed E-state index contributed by atoms with van der Waals surface area (Å²) in [5.41, 5.74) is 0. The fourth-order valence-corrected chi connectivity index (χ4v) is 1.66. The molecule has 108 valence electrons. The first-order valence-corrected chi connectivity index (χ1v) is 5.17. The van der Waals surface area contributed by atoms with Crippen LogP contribution in [-0.2, 0) is 18.0 Å². The zero-order chi connectivity index (χ0) is 9.99. The fourth-order valence-electron chi connectivity index (χ4n) is 0.250. The van der Waals surface area contributed by atoms with Gasteiger partial charge in [0.1, 0.15) is 0 Å². The van der Waals surface area contributed by atoms with Gasteiger partial charge in [-0.25, -0.2) is 13.9 Å². The average Bonchev–Trinajstić information content (AvgIpc) is 1.48. The summed E-state index contributed by atoms with van der Waals surface area (Å²) in [6.07, 6.45) is -2.19. The molecule has 0 fully saturated rings. The van der Waals surface area contributed by atoms with Gasteiger partial charge in [0.05, 0.1) is 0 Å². The van der Waals surface area contributed by atoms with Gasteiger partial charge in [0.15, 0.2) is 0 Å². The van der Waals surface area contributed by atoms with E-state index >= 15 is 0 Å². The summed E-state index contributed by atoms with van der Waals surface area (Å²) in [7, 11) is -10.5. The van der Waals surface area contributed by atoms with Crippen molar-refractivity contribution in [1.29, 1.82) is 0 Å². The molecule has 18 heteroatoms. The Morgan fingerprint density at radius 1 is 0.842 bits per heavy atom. The number of hydrogen-bond acceptors (Lipinski definition) is 5. The van der Waals surface area contributed by atoms with E-state index in [1.165, 1.54) is 0 Å². The van der Waals surface area contributed by atoms with E-state index in [0.717, 1.165) is 0 Å². The molecule has 11 nitrogen and oxygen atoms in total. The van der Waals surface area contributed by atoms with E-state index < -0.39 is 21.8 Å². The zero-order valence-electron chi connectivity index (χ0n) is 6.22. The van der Waals surface area contributed by atoms with E-state index in [2.05, 4.69) is 8.83 Å². The first-order chi connectivity index (χ1) is 5.12. The van der Waals surface area contributed by atoms with Crippen molar-refractivity contribution >= 4 is 210 Å². The van der Waals surface area contributed by atoms with Crippen LogP contribution in [-0.4, -0.2) is 226 Å². The van der Waals surface area contributed by atoms with Crippen LogP contribution >= 0.6 is 15.6 Å². The topological polar surface area (TPSA) is 214 Å². The summed E-state index contributed by atoms with van der Waals surface area (Å²) in [4.78, 5) is 33.8. The minimum atomic E-state index is -5.24. The summed E-state index contributed by atoms with van der Waals surface area (Å²) in [6, 6.07) is 0. The molecule has 0 saturated carbocycles. The van der Waals surface area contributed by atoms with E-state index in [0.29, 0.717) is 0 Å². The van der Waals surface area contributed by atoms with E-state index in [-0.39, 0.29) is 200 Å². The van der Waals surface area contributed by atoms with E-state index in [4.69, 9.17) is 19.8 Å². The number of phosphoric acid groups is 2. The van der Waals surface area contributed by atoms with Crippen molar-refractivity contribution in [3.63, 3.8) is 0 Å². The summed E-state index contributed by atoms with van der Waals surface area (Å²) < 4.78 is 26.4. The van der Waals surface area contributed by atoms with Gasteiger partial charge in [-0.3, -0.25) is 4.89 Å². The number of carboxylic acid groups (broad SMARTS) is 1. The second-order valence-corrected chi connectivity index (χ2v) is 4.15. The molecule has 0 aromatic carbocycles. The average molecular weight is 468 g/mol. The van der Waals surface area contributed by atoms with E-state index in [9.17, 15) is 13.9 Å². The zero-order valence-corrected chi connectivity index (χ0v) is 8.01. The number of hydrogen-bond donors (Lipinski definition) is 4. The Balaban J connectivity index is -0.0000000288. The molecule has 0 saturated heterocycles. The maximum atomic E-state index is 10.3. The molecule has 8 N–H and O–H groups in total. The molecule has 0 aliphatic heterocycles. The molecule has 0 amide bonds. The summed E-state index contributed by atoms with van der Waals surface area (Å²) in [6.45, 7) is 0. The van der Waals surface area contributed by atoms with Crippen molar-refractivity contribution in [1.82, 2.24) is 0 Å². The predicted octanol–water partition coefficient (Wildman–Crippen LogP) is -6.34. The van der Waals surface area contributed by atoms with Crippen LogP contribution in [0, 0.1) is 0 Å². The van der Waals surface area contributed by atoms with Gasteiger partial charge in [-0.1, -0.05) is 0 Å². The van der Waals surface area contributed by atoms with Gasteiger partial charge in [-0.2, -0.15) is 4.31 Å². The molecule has 0 aromatic rings. The van der Waals surface area contributed by atoms with Gasteiger partial charge in [-0.05, 0) is 0 Å². The molecular weight excluding hydrogens is 450 g/mol. The van der Waals surface area contributed by atoms with Crippen LogP contribution < -0.4 is 0 Å². The molecular formula is CH18Ca5O11P2. The van der Waals surface area contributed by atoms with Gasteiger partial charge in [0, 0.05) is 0 Å². The van der Waals surface area contributed by atoms with Crippen molar-refractivity contribution in [3.05, 3.63) is 0 Å². The van der Waals surface area contributed by atoms with Crippen LogP contribution in [0.2, 0.25) is 0 Å². The third-order valence-corrected chi connectivity index (χ3v) is 2.47. The van der Waals surface area contributed by atoms with Crippen molar-refractivity contribution in [2.75, 3.05) is 0 Å². The van der Waals surface area contributed by atoms with Gasteiger partial charge in [0.2, 0.25) is 0 Å². The molecule has 1 atom stereocenters. The fraction of sp³-hybridized carbons (Fsp3) is 0. The Labute approximate surface area is 257 Å². The monoisotopic (exact) mass is 468 g/mol. The van der Waals surface area contributed by atoms with Crippen molar-refractivity contribution in [2.45, 2.75) is 0 Å². The Hall–Kier alpha value is 5.79. The molecule has 0 aliphatic rings. The van der Waals surface area contributed by atoms with Gasteiger partial charge in [-0.15, -0.1) is 0 Å². The molecule has 0 spiro atoms. The molecule has 19 heavy (non-hydrogen) atoms. The standard InChI is InChI=1S/CH4O9P2.5Ca.2H2O.10H/c2-1(3)9-12(7,8)10-11(4,5)6;;;;;;;;;;;;;;;;;/h(H,2,3)(H,7,8)(H2,4,5,6);;;;;;2*1H2;;;;;;;;;;. The first kappa shape index (κ1) is 49.8. The summed E-state index contributed by atoms with van der Waals surface area (Å²) in [5, 5.41) is 7.76. The molecule has 0 radical (unpaired) electrons. The SMILES string of the molecule is O.O.O=C(O)OP(=O)(O)OP(=O)(O)O.[CaH2].[CaH2].[CaH2].[CaH2].[CaH2]. The third kappa shape index (κ3) is 40.1. The van der Waals surface area contributed by atoms with Crippen molar-refractivity contribution in [3.8, 4) is 0 Å². The molecule has 0 aromatic heterocycles. The van der Waals surface area contributed by atoms with Gasteiger partial charge in [0.25, 0.3) is 0 Å².